The Morgan fingerprint density at radius 1 is 1.24 bits per heavy atom. The molecule has 0 saturated carbocycles. The molecule has 7 heteroatoms. The fourth-order valence-corrected chi connectivity index (χ4v) is 2.75. The van der Waals surface area contributed by atoms with Crippen LogP contribution in [0.15, 0.2) is 30.3 Å². The maximum atomic E-state index is 12.1. The SMILES string of the molecule is CCCn1nc(NC(=O)CCCC(=O)[O-])c2cc3ccccc3nc21. The molecule has 0 aliphatic heterocycles. The van der Waals surface area contributed by atoms with Crippen molar-refractivity contribution >= 4 is 39.6 Å². The van der Waals surface area contributed by atoms with Crippen molar-refractivity contribution in [2.45, 2.75) is 39.2 Å². The highest BCUT2D eigenvalue weighted by Crippen LogP contribution is 2.26. The van der Waals surface area contributed by atoms with E-state index in [1.165, 1.54) is 0 Å². The molecule has 0 aliphatic carbocycles. The zero-order valence-corrected chi connectivity index (χ0v) is 14.0. The minimum absolute atomic E-state index is 0.108. The van der Waals surface area contributed by atoms with Crippen LogP contribution in [-0.2, 0) is 16.1 Å². The molecular weight excluding hydrogens is 320 g/mol. The molecule has 0 aliphatic rings. The molecule has 1 N–H and O–H groups in total. The van der Waals surface area contributed by atoms with Gasteiger partial charge in [0, 0.05) is 24.3 Å². The number of rotatable bonds is 7. The molecule has 1 amide bonds. The third-order valence-corrected chi connectivity index (χ3v) is 3.90. The second-order valence-electron chi connectivity index (χ2n) is 5.90. The van der Waals surface area contributed by atoms with E-state index in [9.17, 15) is 14.7 Å². The van der Waals surface area contributed by atoms with Crippen molar-refractivity contribution in [1.29, 1.82) is 0 Å². The van der Waals surface area contributed by atoms with Crippen molar-refractivity contribution in [2.24, 2.45) is 0 Å². The predicted molar refractivity (Wildman–Crippen MR) is 92.8 cm³/mol. The molecule has 0 bridgehead atoms. The number of para-hydroxylation sites is 1. The lowest BCUT2D eigenvalue weighted by atomic mass is 10.2. The van der Waals surface area contributed by atoms with Gasteiger partial charge in [0.05, 0.1) is 10.9 Å². The molecule has 2 heterocycles. The number of aliphatic carboxylic acids is 1. The summed E-state index contributed by atoms with van der Waals surface area (Å²) in [5.41, 5.74) is 1.60. The summed E-state index contributed by atoms with van der Waals surface area (Å²) in [6.45, 7) is 2.75. The Morgan fingerprint density at radius 3 is 2.80 bits per heavy atom. The molecule has 0 fully saturated rings. The van der Waals surface area contributed by atoms with Gasteiger partial charge in [-0.1, -0.05) is 25.1 Å². The Kier molecular flexibility index (Phi) is 4.92. The minimum atomic E-state index is -1.15. The smallest absolute Gasteiger partial charge is 0.225 e. The van der Waals surface area contributed by atoms with E-state index in [0.29, 0.717) is 12.4 Å². The molecule has 0 atom stereocenters. The van der Waals surface area contributed by atoms with E-state index in [0.717, 1.165) is 28.4 Å². The van der Waals surface area contributed by atoms with E-state index in [-0.39, 0.29) is 25.2 Å². The molecular formula is C18H19N4O3-. The fourth-order valence-electron chi connectivity index (χ4n) is 2.75. The standard InChI is InChI=1S/C18H20N4O3/c1-2-10-22-18-13(11-12-6-3-4-7-14(12)19-18)17(21-22)20-15(23)8-5-9-16(24)25/h3-4,6-7,11H,2,5,8-10H2,1H3,(H,24,25)(H,20,21,23)/p-1. The van der Waals surface area contributed by atoms with Crippen LogP contribution in [-0.4, -0.2) is 26.6 Å². The van der Waals surface area contributed by atoms with Crippen LogP contribution in [0.1, 0.15) is 32.6 Å². The Morgan fingerprint density at radius 2 is 2.04 bits per heavy atom. The first-order valence-corrected chi connectivity index (χ1v) is 8.34. The highest BCUT2D eigenvalue weighted by Gasteiger charge is 2.15. The lowest BCUT2D eigenvalue weighted by Crippen LogP contribution is -2.22. The Bertz CT molecular complexity index is 933. The molecule has 2 aromatic heterocycles. The maximum absolute atomic E-state index is 12.1. The van der Waals surface area contributed by atoms with Gasteiger partial charge < -0.3 is 15.2 Å². The van der Waals surface area contributed by atoms with Crippen molar-refractivity contribution in [3.05, 3.63) is 30.3 Å². The number of nitrogens with one attached hydrogen (secondary N) is 1. The molecule has 0 spiro atoms. The van der Waals surface area contributed by atoms with Crippen molar-refractivity contribution in [3.63, 3.8) is 0 Å². The van der Waals surface area contributed by atoms with Gasteiger partial charge in [-0.05, 0) is 31.4 Å². The van der Waals surface area contributed by atoms with Gasteiger partial charge in [0.1, 0.15) is 0 Å². The topological polar surface area (TPSA) is 99.9 Å². The van der Waals surface area contributed by atoms with Crippen LogP contribution >= 0.6 is 0 Å². The third-order valence-electron chi connectivity index (χ3n) is 3.90. The van der Waals surface area contributed by atoms with Crippen molar-refractivity contribution in [1.82, 2.24) is 14.8 Å². The minimum Gasteiger partial charge on any atom is -0.550 e. The number of fused-ring (bicyclic) bond motifs is 2. The summed E-state index contributed by atoms with van der Waals surface area (Å²) < 4.78 is 1.79. The fraction of sp³-hybridized carbons (Fsp3) is 0.333. The first-order chi connectivity index (χ1) is 12.1. The summed E-state index contributed by atoms with van der Waals surface area (Å²) >= 11 is 0. The van der Waals surface area contributed by atoms with Gasteiger partial charge in [0.15, 0.2) is 11.5 Å². The number of carbonyl (C=O) groups excluding carboxylic acids is 2. The van der Waals surface area contributed by atoms with Crippen LogP contribution < -0.4 is 10.4 Å². The molecule has 3 rings (SSSR count). The molecule has 0 saturated heterocycles. The zero-order valence-electron chi connectivity index (χ0n) is 14.0. The van der Waals surface area contributed by atoms with Crippen LogP contribution in [0, 0.1) is 0 Å². The number of hydrogen-bond donors (Lipinski definition) is 1. The van der Waals surface area contributed by atoms with E-state index in [1.54, 1.807) is 4.68 Å². The number of carboxylic acids is 1. The van der Waals surface area contributed by atoms with Crippen LogP contribution in [0.5, 0.6) is 0 Å². The first-order valence-electron chi connectivity index (χ1n) is 8.34. The quantitative estimate of drug-likeness (QED) is 0.708. The van der Waals surface area contributed by atoms with Crippen LogP contribution in [0.25, 0.3) is 21.9 Å². The maximum Gasteiger partial charge on any atom is 0.225 e. The van der Waals surface area contributed by atoms with E-state index in [1.807, 2.05) is 37.3 Å². The molecule has 1 aromatic carbocycles. The summed E-state index contributed by atoms with van der Waals surface area (Å²) in [5.74, 6) is -0.959. The van der Waals surface area contributed by atoms with E-state index in [2.05, 4.69) is 15.4 Å². The van der Waals surface area contributed by atoms with Crippen LogP contribution in [0.3, 0.4) is 0 Å². The summed E-state index contributed by atoms with van der Waals surface area (Å²) in [5, 5.41) is 19.5. The number of carboxylic acid groups (broad SMARTS) is 1. The van der Waals surface area contributed by atoms with Crippen LogP contribution in [0.2, 0.25) is 0 Å². The molecule has 0 unspecified atom stereocenters. The van der Waals surface area contributed by atoms with Gasteiger partial charge >= 0.3 is 0 Å². The average Bonchev–Trinajstić information content (AvgIpc) is 2.90. The number of hydrogen-bond acceptors (Lipinski definition) is 5. The Labute approximate surface area is 144 Å². The lowest BCUT2D eigenvalue weighted by Gasteiger charge is -2.03. The molecule has 130 valence electrons. The van der Waals surface area contributed by atoms with Crippen molar-refractivity contribution in [3.8, 4) is 0 Å². The number of amides is 1. The van der Waals surface area contributed by atoms with Gasteiger partial charge in [-0.15, -0.1) is 0 Å². The normalized spacial score (nSPS) is 11.1. The van der Waals surface area contributed by atoms with Gasteiger partial charge in [-0.2, -0.15) is 5.10 Å². The molecule has 3 aromatic rings. The lowest BCUT2D eigenvalue weighted by molar-refractivity contribution is -0.305. The van der Waals surface area contributed by atoms with E-state index < -0.39 is 5.97 Å². The second-order valence-corrected chi connectivity index (χ2v) is 5.90. The Hall–Kier alpha value is -2.96. The third kappa shape index (κ3) is 3.76. The first kappa shape index (κ1) is 16.9. The monoisotopic (exact) mass is 339 g/mol. The number of nitrogens with zero attached hydrogens (tertiary/aromatic N) is 3. The number of aromatic nitrogens is 3. The summed E-state index contributed by atoms with van der Waals surface area (Å²) in [4.78, 5) is 27.2. The second kappa shape index (κ2) is 7.29. The van der Waals surface area contributed by atoms with E-state index >= 15 is 0 Å². The van der Waals surface area contributed by atoms with E-state index in [4.69, 9.17) is 0 Å². The number of anilines is 1. The number of benzene rings is 1. The highest BCUT2D eigenvalue weighted by molar-refractivity contribution is 6.02. The number of aryl methyl sites for hydroxylation is 1. The largest absolute Gasteiger partial charge is 0.550 e. The molecule has 25 heavy (non-hydrogen) atoms. The predicted octanol–water partition coefficient (Wildman–Crippen LogP) is 1.85. The summed E-state index contributed by atoms with van der Waals surface area (Å²) in [6, 6.07) is 9.74. The molecule has 7 nitrogen and oxygen atoms in total. The van der Waals surface area contributed by atoms with Gasteiger partial charge in [0.25, 0.3) is 0 Å². The average molecular weight is 339 g/mol. The molecule has 0 radical (unpaired) electrons. The number of pyridine rings is 1. The van der Waals surface area contributed by atoms with Gasteiger partial charge in [0.2, 0.25) is 5.91 Å². The number of carbonyl (C=O) groups is 2. The summed E-state index contributed by atoms with van der Waals surface area (Å²) in [6.07, 6.45) is 1.11. The van der Waals surface area contributed by atoms with Crippen molar-refractivity contribution < 1.29 is 14.7 Å². The summed E-state index contributed by atoms with van der Waals surface area (Å²) in [7, 11) is 0. The Balaban J connectivity index is 1.92. The highest BCUT2D eigenvalue weighted by atomic mass is 16.4. The zero-order chi connectivity index (χ0) is 17.8. The van der Waals surface area contributed by atoms with Crippen molar-refractivity contribution in [2.75, 3.05) is 5.32 Å². The van der Waals surface area contributed by atoms with Gasteiger partial charge in [-0.25, -0.2) is 9.67 Å². The van der Waals surface area contributed by atoms with Crippen LogP contribution in [0.4, 0.5) is 5.82 Å². The van der Waals surface area contributed by atoms with Gasteiger partial charge in [-0.3, -0.25) is 4.79 Å².